The highest BCUT2D eigenvalue weighted by atomic mass is 31.1. The maximum Gasteiger partial charge on any atom is 0.00179 e. The molecule has 0 heterocycles. The van der Waals surface area contributed by atoms with Gasteiger partial charge in [0.15, 0.2) is 0 Å². The van der Waals surface area contributed by atoms with Crippen LogP contribution >= 0.6 is 15.8 Å². The molecule has 0 aromatic heterocycles. The minimum atomic E-state index is 0.202. The van der Waals surface area contributed by atoms with E-state index in [0.29, 0.717) is 0 Å². The molecule has 0 rings (SSSR count). The summed E-state index contributed by atoms with van der Waals surface area (Å²) in [6.07, 6.45) is 2.84. The first-order chi connectivity index (χ1) is 9.16. The summed E-state index contributed by atoms with van der Waals surface area (Å²) in [6, 6.07) is 0. The third-order valence-corrected chi connectivity index (χ3v) is 10.9. The summed E-state index contributed by atoms with van der Waals surface area (Å²) >= 11 is 0. The van der Waals surface area contributed by atoms with Crippen molar-refractivity contribution in [2.75, 3.05) is 32.5 Å². The van der Waals surface area contributed by atoms with Gasteiger partial charge in [-0.05, 0) is 42.0 Å². The van der Waals surface area contributed by atoms with E-state index in [1.807, 2.05) is 0 Å². The van der Waals surface area contributed by atoms with Crippen LogP contribution in [0, 0.1) is 0 Å². The van der Waals surface area contributed by atoms with Gasteiger partial charge in [0.1, 0.15) is 0 Å². The molecule has 0 saturated carbocycles. The Morgan fingerprint density at radius 3 is 1.05 bits per heavy atom. The molecule has 0 radical (unpaired) electrons. The Morgan fingerprint density at radius 1 is 0.600 bits per heavy atom. The Labute approximate surface area is 131 Å². The average molecular weight is 319 g/mol. The van der Waals surface area contributed by atoms with Crippen molar-refractivity contribution >= 4 is 15.8 Å². The van der Waals surface area contributed by atoms with Gasteiger partial charge in [-0.25, -0.2) is 0 Å². The molecule has 0 amide bonds. The molecule has 0 N–H and O–H groups in total. The fraction of sp³-hybridized carbons (Fsp3) is 1.00. The summed E-state index contributed by atoms with van der Waals surface area (Å²) in [7, 11) is 2.72. The van der Waals surface area contributed by atoms with E-state index in [0.717, 1.165) is 22.6 Å². The van der Waals surface area contributed by atoms with Crippen LogP contribution in [0.1, 0.15) is 55.4 Å². The third-order valence-electron chi connectivity index (χ3n) is 4.13. The summed E-state index contributed by atoms with van der Waals surface area (Å²) in [6.45, 7) is 21.8. The van der Waals surface area contributed by atoms with E-state index in [2.05, 4.69) is 67.3 Å². The van der Waals surface area contributed by atoms with Gasteiger partial charge in [-0.1, -0.05) is 55.4 Å². The predicted octanol–water partition coefficient (Wildman–Crippen LogP) is 5.52. The monoisotopic (exact) mass is 319 g/mol. The lowest BCUT2D eigenvalue weighted by atomic mass is 10.5. The van der Waals surface area contributed by atoms with Gasteiger partial charge in [-0.15, -0.1) is 15.8 Å². The lowest BCUT2D eigenvalue weighted by Crippen LogP contribution is -2.27. The Bertz CT molecular complexity index is 199. The van der Waals surface area contributed by atoms with Crippen molar-refractivity contribution < 1.29 is 0 Å². The van der Waals surface area contributed by atoms with Crippen molar-refractivity contribution in [3.63, 3.8) is 0 Å². The van der Waals surface area contributed by atoms with E-state index in [9.17, 15) is 0 Å². The lowest BCUT2D eigenvalue weighted by Gasteiger charge is -2.30. The van der Waals surface area contributed by atoms with Crippen LogP contribution in [0.15, 0.2) is 0 Å². The molecule has 122 valence electrons. The van der Waals surface area contributed by atoms with Crippen LogP contribution in [-0.4, -0.2) is 60.0 Å². The summed E-state index contributed by atoms with van der Waals surface area (Å²) < 4.78 is 0. The maximum atomic E-state index is 2.58. The van der Waals surface area contributed by atoms with Crippen molar-refractivity contribution in [1.29, 1.82) is 0 Å². The summed E-state index contributed by atoms with van der Waals surface area (Å²) in [5.74, 6) is 0. The second-order valence-electron chi connectivity index (χ2n) is 7.15. The van der Waals surface area contributed by atoms with Gasteiger partial charge < -0.3 is 4.90 Å². The van der Waals surface area contributed by atoms with Crippen LogP contribution in [0.4, 0.5) is 0 Å². The van der Waals surface area contributed by atoms with Crippen LogP contribution in [0.25, 0.3) is 0 Å². The second-order valence-corrected chi connectivity index (χ2v) is 14.2. The molecule has 1 nitrogen and oxygen atoms in total. The normalized spacial score (nSPS) is 13.2. The van der Waals surface area contributed by atoms with Crippen molar-refractivity contribution in [1.82, 2.24) is 4.90 Å². The fourth-order valence-corrected chi connectivity index (χ4v) is 8.50. The molecule has 0 fully saturated rings. The zero-order valence-electron chi connectivity index (χ0n) is 15.5. The molecule has 0 aliphatic carbocycles. The smallest absolute Gasteiger partial charge is 0.00179 e. The second kappa shape index (κ2) is 10.5. The fourth-order valence-electron chi connectivity index (χ4n) is 2.91. The van der Waals surface area contributed by atoms with E-state index in [-0.39, 0.29) is 15.8 Å². The van der Waals surface area contributed by atoms with Crippen LogP contribution < -0.4 is 0 Å². The SMILES string of the molecule is CC(C)P(CCN(C)CCP(C(C)C)C(C)C)C(C)C. The molecule has 0 aromatic rings. The standard InChI is InChI=1S/C17H39NP2/c1-14(2)19(15(3)4)12-10-18(9)11-13-20(16(5)6)17(7)8/h14-17H,10-13H2,1-9H3. The molecule has 0 aromatic carbocycles. The number of hydrogen-bond acceptors (Lipinski definition) is 1. The maximum absolute atomic E-state index is 2.58. The number of nitrogens with zero attached hydrogens (tertiary/aromatic N) is 1. The summed E-state index contributed by atoms with van der Waals surface area (Å²) in [5, 5.41) is 0. The van der Waals surface area contributed by atoms with E-state index in [1.165, 1.54) is 25.4 Å². The summed E-state index contributed by atoms with van der Waals surface area (Å²) in [5.41, 5.74) is 3.51. The zero-order valence-corrected chi connectivity index (χ0v) is 17.3. The molecule has 0 unspecified atom stereocenters. The van der Waals surface area contributed by atoms with Gasteiger partial charge in [0.05, 0.1) is 0 Å². The number of rotatable bonds is 10. The quantitative estimate of drug-likeness (QED) is 0.480. The van der Waals surface area contributed by atoms with Crippen LogP contribution in [0.2, 0.25) is 0 Å². The first-order valence-electron chi connectivity index (χ1n) is 8.36. The van der Waals surface area contributed by atoms with Gasteiger partial charge in [0.25, 0.3) is 0 Å². The van der Waals surface area contributed by atoms with Gasteiger partial charge >= 0.3 is 0 Å². The van der Waals surface area contributed by atoms with E-state index < -0.39 is 0 Å². The van der Waals surface area contributed by atoms with Crippen molar-refractivity contribution in [2.24, 2.45) is 0 Å². The lowest BCUT2D eigenvalue weighted by molar-refractivity contribution is 0.377. The minimum Gasteiger partial charge on any atom is -0.306 e. The van der Waals surface area contributed by atoms with E-state index in [1.54, 1.807) is 0 Å². The van der Waals surface area contributed by atoms with E-state index >= 15 is 0 Å². The van der Waals surface area contributed by atoms with Gasteiger partial charge in [0, 0.05) is 13.1 Å². The molecule has 0 atom stereocenters. The van der Waals surface area contributed by atoms with E-state index in [4.69, 9.17) is 0 Å². The van der Waals surface area contributed by atoms with Gasteiger partial charge in [-0.3, -0.25) is 0 Å². The van der Waals surface area contributed by atoms with Crippen LogP contribution in [-0.2, 0) is 0 Å². The predicted molar refractivity (Wildman–Crippen MR) is 102 cm³/mol. The molecule has 0 bridgehead atoms. The Balaban J connectivity index is 4.13. The molecule has 0 aliphatic heterocycles. The largest absolute Gasteiger partial charge is 0.306 e. The van der Waals surface area contributed by atoms with Gasteiger partial charge in [0.2, 0.25) is 0 Å². The average Bonchev–Trinajstić information content (AvgIpc) is 2.27. The van der Waals surface area contributed by atoms with Crippen LogP contribution in [0.5, 0.6) is 0 Å². The molecular formula is C17H39NP2. The molecular weight excluding hydrogens is 280 g/mol. The molecule has 0 spiro atoms. The Morgan fingerprint density at radius 2 is 0.850 bits per heavy atom. The zero-order chi connectivity index (χ0) is 15.9. The van der Waals surface area contributed by atoms with Crippen LogP contribution in [0.3, 0.4) is 0 Å². The molecule has 20 heavy (non-hydrogen) atoms. The Kier molecular flexibility index (Phi) is 11.0. The number of hydrogen-bond donors (Lipinski definition) is 0. The van der Waals surface area contributed by atoms with Crippen molar-refractivity contribution in [2.45, 2.75) is 78.0 Å². The molecule has 0 saturated heterocycles. The molecule has 3 heteroatoms. The highest BCUT2D eigenvalue weighted by Crippen LogP contribution is 2.46. The highest BCUT2D eigenvalue weighted by Gasteiger charge is 2.19. The summed E-state index contributed by atoms with van der Waals surface area (Å²) in [4.78, 5) is 2.58. The van der Waals surface area contributed by atoms with Crippen molar-refractivity contribution in [3.05, 3.63) is 0 Å². The molecule has 0 aliphatic rings. The first-order valence-corrected chi connectivity index (χ1v) is 11.7. The first kappa shape index (κ1) is 20.8. The Hall–Kier alpha value is 0.820. The topological polar surface area (TPSA) is 3.24 Å². The van der Waals surface area contributed by atoms with Gasteiger partial charge in [-0.2, -0.15) is 0 Å². The third kappa shape index (κ3) is 8.31. The minimum absolute atomic E-state index is 0.202. The highest BCUT2D eigenvalue weighted by molar-refractivity contribution is 7.59. The van der Waals surface area contributed by atoms with Crippen molar-refractivity contribution in [3.8, 4) is 0 Å².